The number of rotatable bonds is 8. The van der Waals surface area contributed by atoms with E-state index in [1.807, 2.05) is 33.4 Å². The Kier molecular flexibility index (Phi) is 8.40. The third-order valence-corrected chi connectivity index (χ3v) is 5.62. The van der Waals surface area contributed by atoms with Crippen LogP contribution in [0.2, 0.25) is 5.02 Å². The van der Waals surface area contributed by atoms with Crippen LogP contribution in [0, 0.1) is 5.41 Å². The van der Waals surface area contributed by atoms with Gasteiger partial charge in [-0.1, -0.05) is 23.7 Å². The standard InChI is InChI=1S/C22H27ClN4O3.ClH/c23-17-5-7-19(8-6-17)30-16-18(28)15-27-21-4-2-1-3-20(21)26(22(27)24)10-9-25-11-13-29-14-12-25;/h1-8,18,24,28H,9-16H2;1H. The lowest BCUT2D eigenvalue weighted by molar-refractivity contribution is 0.0363. The van der Waals surface area contributed by atoms with E-state index >= 15 is 0 Å². The molecule has 2 heterocycles. The van der Waals surface area contributed by atoms with Gasteiger partial charge in [0, 0.05) is 31.2 Å². The van der Waals surface area contributed by atoms with E-state index in [-0.39, 0.29) is 25.6 Å². The molecular weight excluding hydrogens is 439 g/mol. The molecular formula is C22H28Cl2N4O3. The number of morpholine rings is 1. The minimum absolute atomic E-state index is 0. The van der Waals surface area contributed by atoms with Crippen molar-refractivity contribution in [2.45, 2.75) is 19.2 Å². The van der Waals surface area contributed by atoms with Crippen molar-refractivity contribution in [2.75, 3.05) is 39.5 Å². The summed E-state index contributed by atoms with van der Waals surface area (Å²) in [5.41, 5.74) is 2.33. The highest BCUT2D eigenvalue weighted by Gasteiger charge is 2.16. The Hall–Kier alpha value is -2.03. The molecule has 0 amide bonds. The molecule has 1 aromatic heterocycles. The monoisotopic (exact) mass is 466 g/mol. The van der Waals surface area contributed by atoms with Crippen molar-refractivity contribution in [1.82, 2.24) is 14.0 Å². The lowest BCUT2D eigenvalue weighted by Gasteiger charge is -2.26. The minimum atomic E-state index is -0.742. The number of ether oxygens (including phenoxy) is 2. The summed E-state index contributed by atoms with van der Waals surface area (Å²) < 4.78 is 15.0. The zero-order valence-electron chi connectivity index (χ0n) is 17.2. The summed E-state index contributed by atoms with van der Waals surface area (Å²) in [6, 6.07) is 15.0. The van der Waals surface area contributed by atoms with Crippen molar-refractivity contribution >= 4 is 35.0 Å². The first-order chi connectivity index (χ1) is 14.6. The van der Waals surface area contributed by atoms with E-state index in [4.69, 9.17) is 26.5 Å². The number of aromatic nitrogens is 2. The van der Waals surface area contributed by atoms with Crippen LogP contribution in [-0.4, -0.2) is 64.7 Å². The van der Waals surface area contributed by atoms with Gasteiger partial charge in [-0.2, -0.15) is 0 Å². The maximum atomic E-state index is 10.6. The molecule has 9 heteroatoms. The maximum absolute atomic E-state index is 10.6. The third-order valence-electron chi connectivity index (χ3n) is 5.37. The van der Waals surface area contributed by atoms with Crippen molar-refractivity contribution in [1.29, 1.82) is 5.41 Å². The second kappa shape index (κ2) is 11.0. The van der Waals surface area contributed by atoms with Crippen LogP contribution >= 0.6 is 24.0 Å². The van der Waals surface area contributed by atoms with E-state index in [1.165, 1.54) is 0 Å². The summed E-state index contributed by atoms with van der Waals surface area (Å²) in [6.07, 6.45) is -0.742. The molecule has 7 nitrogen and oxygen atoms in total. The number of aliphatic hydroxyl groups excluding tert-OH is 1. The number of nitrogens with zero attached hydrogens (tertiary/aromatic N) is 3. The Morgan fingerprint density at radius 2 is 1.65 bits per heavy atom. The van der Waals surface area contributed by atoms with Crippen molar-refractivity contribution in [3.8, 4) is 5.75 Å². The van der Waals surface area contributed by atoms with Crippen molar-refractivity contribution in [3.63, 3.8) is 0 Å². The van der Waals surface area contributed by atoms with E-state index in [2.05, 4.69) is 4.90 Å². The van der Waals surface area contributed by atoms with Gasteiger partial charge in [-0.25, -0.2) is 0 Å². The number of nitrogens with one attached hydrogen (secondary N) is 1. The van der Waals surface area contributed by atoms with E-state index < -0.39 is 6.10 Å². The summed E-state index contributed by atoms with van der Waals surface area (Å²) in [6.45, 7) is 5.40. The van der Waals surface area contributed by atoms with Gasteiger partial charge in [-0.15, -0.1) is 12.4 Å². The van der Waals surface area contributed by atoms with Gasteiger partial charge in [0.1, 0.15) is 18.5 Å². The fraction of sp³-hybridized carbons (Fsp3) is 0.409. The Bertz CT molecular complexity index is 1030. The fourth-order valence-corrected chi connectivity index (χ4v) is 3.88. The number of hydrogen-bond donors (Lipinski definition) is 2. The van der Waals surface area contributed by atoms with Gasteiger partial charge < -0.3 is 23.7 Å². The molecule has 1 fully saturated rings. The van der Waals surface area contributed by atoms with E-state index in [0.29, 0.717) is 16.4 Å². The first-order valence-corrected chi connectivity index (χ1v) is 10.6. The summed E-state index contributed by atoms with van der Waals surface area (Å²) in [5, 5.41) is 19.9. The molecule has 1 aliphatic heterocycles. The van der Waals surface area contributed by atoms with Crippen LogP contribution in [-0.2, 0) is 17.8 Å². The molecule has 3 aromatic rings. The Balaban J connectivity index is 0.00000272. The number of benzene rings is 2. The summed E-state index contributed by atoms with van der Waals surface area (Å²) in [7, 11) is 0. The normalized spacial score (nSPS) is 15.5. The van der Waals surface area contributed by atoms with Gasteiger partial charge in [-0.05, 0) is 36.4 Å². The van der Waals surface area contributed by atoms with Gasteiger partial charge >= 0.3 is 0 Å². The average molecular weight is 467 g/mol. The van der Waals surface area contributed by atoms with E-state index in [1.54, 1.807) is 24.3 Å². The zero-order valence-corrected chi connectivity index (χ0v) is 18.8. The number of para-hydroxylation sites is 2. The highest BCUT2D eigenvalue weighted by molar-refractivity contribution is 6.30. The van der Waals surface area contributed by atoms with Gasteiger partial charge in [-0.3, -0.25) is 10.3 Å². The average Bonchev–Trinajstić information content (AvgIpc) is 3.03. The van der Waals surface area contributed by atoms with Crippen LogP contribution in [0.4, 0.5) is 0 Å². The lowest BCUT2D eigenvalue weighted by Crippen LogP contribution is -2.39. The summed E-state index contributed by atoms with van der Waals surface area (Å²) in [5.74, 6) is 0.655. The molecule has 0 spiro atoms. The second-order valence-electron chi connectivity index (χ2n) is 7.45. The molecule has 0 bridgehead atoms. The highest BCUT2D eigenvalue weighted by Crippen LogP contribution is 2.17. The quantitative estimate of drug-likeness (QED) is 0.535. The Morgan fingerprint density at radius 1 is 1.00 bits per heavy atom. The predicted octanol–water partition coefficient (Wildman–Crippen LogP) is 2.77. The maximum Gasteiger partial charge on any atom is 0.203 e. The zero-order chi connectivity index (χ0) is 20.9. The molecule has 1 unspecified atom stereocenters. The smallest absolute Gasteiger partial charge is 0.203 e. The minimum Gasteiger partial charge on any atom is -0.491 e. The lowest BCUT2D eigenvalue weighted by atomic mass is 10.3. The first kappa shape index (κ1) is 23.6. The van der Waals surface area contributed by atoms with Crippen LogP contribution in [0.3, 0.4) is 0 Å². The second-order valence-corrected chi connectivity index (χ2v) is 7.88. The van der Waals surface area contributed by atoms with Crippen LogP contribution in [0.15, 0.2) is 48.5 Å². The Morgan fingerprint density at radius 3 is 2.32 bits per heavy atom. The van der Waals surface area contributed by atoms with Gasteiger partial charge in [0.05, 0.1) is 30.8 Å². The summed E-state index contributed by atoms with van der Waals surface area (Å²) in [4.78, 5) is 2.36. The van der Waals surface area contributed by atoms with Gasteiger partial charge in [0.15, 0.2) is 0 Å². The molecule has 0 aliphatic carbocycles. The fourth-order valence-electron chi connectivity index (χ4n) is 3.76. The van der Waals surface area contributed by atoms with Gasteiger partial charge in [0.2, 0.25) is 5.62 Å². The molecule has 2 N–H and O–H groups in total. The third kappa shape index (κ3) is 5.81. The number of fused-ring (bicyclic) bond motifs is 1. The van der Waals surface area contributed by atoms with E-state index in [9.17, 15) is 5.11 Å². The SMILES string of the molecule is Cl.N=c1n(CCN2CCOCC2)c2ccccc2n1CC(O)COc1ccc(Cl)cc1. The summed E-state index contributed by atoms with van der Waals surface area (Å²) >= 11 is 5.89. The van der Waals surface area contributed by atoms with Crippen LogP contribution < -0.4 is 10.4 Å². The highest BCUT2D eigenvalue weighted by atomic mass is 35.5. The van der Waals surface area contributed by atoms with E-state index in [0.717, 1.165) is 50.4 Å². The molecule has 0 radical (unpaired) electrons. The number of aliphatic hydroxyl groups is 1. The largest absolute Gasteiger partial charge is 0.491 e. The molecule has 1 aliphatic rings. The molecule has 0 saturated carbocycles. The number of halogens is 2. The molecule has 1 atom stereocenters. The van der Waals surface area contributed by atoms with Crippen LogP contribution in [0.5, 0.6) is 5.75 Å². The predicted molar refractivity (Wildman–Crippen MR) is 123 cm³/mol. The molecule has 2 aromatic carbocycles. The Labute approximate surface area is 192 Å². The van der Waals surface area contributed by atoms with Crippen molar-refractivity contribution in [2.24, 2.45) is 0 Å². The van der Waals surface area contributed by atoms with Crippen LogP contribution in [0.1, 0.15) is 0 Å². The molecule has 1 saturated heterocycles. The molecule has 31 heavy (non-hydrogen) atoms. The number of imidazole rings is 1. The molecule has 4 rings (SSSR count). The topological polar surface area (TPSA) is 75.6 Å². The number of hydrogen-bond acceptors (Lipinski definition) is 5. The van der Waals surface area contributed by atoms with Crippen molar-refractivity contribution < 1.29 is 14.6 Å². The first-order valence-electron chi connectivity index (χ1n) is 10.2. The van der Waals surface area contributed by atoms with Gasteiger partial charge in [0.25, 0.3) is 0 Å². The molecule has 168 valence electrons. The van der Waals surface area contributed by atoms with Crippen LogP contribution in [0.25, 0.3) is 11.0 Å². The van der Waals surface area contributed by atoms with Crippen molar-refractivity contribution in [3.05, 3.63) is 59.2 Å².